The summed E-state index contributed by atoms with van der Waals surface area (Å²) in [6.07, 6.45) is 3.04. The van der Waals surface area contributed by atoms with Gasteiger partial charge < -0.3 is 41.7 Å². The normalized spacial score (nSPS) is 13.6. The summed E-state index contributed by atoms with van der Waals surface area (Å²) < 4.78 is 4.11. The van der Waals surface area contributed by atoms with E-state index < -0.39 is 48.2 Å². The van der Waals surface area contributed by atoms with Gasteiger partial charge >= 0.3 is 12.1 Å². The molecule has 0 heterocycles. The number of ether oxygens (including phenoxy) is 1. The largest absolute Gasteiger partial charge is 0.378 e. The second kappa shape index (κ2) is 18.2. The van der Waals surface area contributed by atoms with Crippen molar-refractivity contribution in [1.29, 1.82) is 0 Å². The molecule has 0 radical (unpaired) electrons. The third-order valence-corrected chi connectivity index (χ3v) is 6.94. The van der Waals surface area contributed by atoms with Gasteiger partial charge in [-0.3, -0.25) is 29.3 Å². The highest BCUT2D eigenvalue weighted by Crippen LogP contribution is 2.30. The molecule has 1 aromatic carbocycles. The van der Waals surface area contributed by atoms with E-state index in [1.165, 1.54) is 0 Å². The first-order chi connectivity index (χ1) is 21.2. The summed E-state index contributed by atoms with van der Waals surface area (Å²) in [5.41, 5.74) is 2.30. The Morgan fingerprint density at radius 3 is 2.04 bits per heavy atom. The summed E-state index contributed by atoms with van der Waals surface area (Å²) >= 11 is 0. The van der Waals surface area contributed by atoms with Crippen LogP contribution < -0.4 is 26.6 Å². The summed E-state index contributed by atoms with van der Waals surface area (Å²) in [5, 5.41) is 51.0. The lowest BCUT2D eigenvalue weighted by Crippen LogP contribution is -2.59. The maximum atomic E-state index is 12.9. The first-order valence-corrected chi connectivity index (χ1v) is 15.0. The van der Waals surface area contributed by atoms with E-state index in [1.807, 2.05) is 30.3 Å². The van der Waals surface area contributed by atoms with Crippen molar-refractivity contribution in [2.75, 3.05) is 19.6 Å². The van der Waals surface area contributed by atoms with Crippen LogP contribution in [0.4, 0.5) is 0 Å². The first-order valence-electron chi connectivity index (χ1n) is 15.0. The van der Waals surface area contributed by atoms with Gasteiger partial charge in [0.25, 0.3) is 0 Å². The van der Waals surface area contributed by atoms with E-state index in [-0.39, 0.29) is 19.0 Å². The SMILES string of the molecule is CCCCCCC(=O)NCC(=O)NCC(=O)NC(Cc1ccccc1)C(NCC(=O)NC(O)(O)OC(O)(O)C(C)=O)=C1CCC1. The zero-order valence-electron chi connectivity index (χ0n) is 25.7. The lowest BCUT2D eigenvalue weighted by Gasteiger charge is -2.31. The molecule has 250 valence electrons. The molecule has 0 aromatic heterocycles. The van der Waals surface area contributed by atoms with Gasteiger partial charge in [-0.15, -0.1) is 0 Å². The number of rotatable bonds is 20. The topological polar surface area (TPSA) is 236 Å². The van der Waals surface area contributed by atoms with Crippen molar-refractivity contribution in [3.8, 4) is 0 Å². The highest BCUT2D eigenvalue weighted by Gasteiger charge is 2.42. The monoisotopic (exact) mass is 635 g/mol. The van der Waals surface area contributed by atoms with Crippen LogP contribution in [0.1, 0.15) is 70.8 Å². The van der Waals surface area contributed by atoms with E-state index in [4.69, 9.17) is 0 Å². The quantitative estimate of drug-likeness (QED) is 0.0616. The van der Waals surface area contributed by atoms with Gasteiger partial charge in [-0.05, 0) is 43.2 Å². The van der Waals surface area contributed by atoms with Gasteiger partial charge in [0, 0.05) is 19.0 Å². The molecule has 1 fully saturated rings. The van der Waals surface area contributed by atoms with Crippen molar-refractivity contribution < 1.29 is 49.1 Å². The van der Waals surface area contributed by atoms with Gasteiger partial charge in [-0.25, -0.2) is 4.74 Å². The third-order valence-electron chi connectivity index (χ3n) is 6.94. The molecule has 9 N–H and O–H groups in total. The number of carbonyl (C=O) groups excluding carboxylic acids is 5. The number of hydrogen-bond acceptors (Lipinski definition) is 11. The fraction of sp³-hybridized carbons (Fsp3) is 0.567. The molecule has 0 saturated heterocycles. The molecule has 1 unspecified atom stereocenters. The van der Waals surface area contributed by atoms with Gasteiger partial charge in [0.05, 0.1) is 25.7 Å². The predicted molar refractivity (Wildman–Crippen MR) is 160 cm³/mol. The maximum Gasteiger partial charge on any atom is 0.376 e. The molecule has 1 aliphatic carbocycles. The van der Waals surface area contributed by atoms with Crippen LogP contribution in [-0.4, -0.2) is 87.6 Å². The van der Waals surface area contributed by atoms with Crippen LogP contribution in [0.3, 0.4) is 0 Å². The number of amides is 4. The Kier molecular flexibility index (Phi) is 15.1. The Labute approximate surface area is 261 Å². The standard InChI is InChI=1S/C30H45N5O10/c1-3-4-5-9-15-24(37)31-17-25(38)32-18-26(39)34-23(16-21-11-7-6-8-12-21)28(22-13-10-14-22)33-19-27(40)35-30(43,44)45-29(41,42)20(2)36/h6-8,11-12,23,33,41-44H,3-5,9-10,13-19H2,1-2H3,(H,31,37)(H,32,38)(H,34,39)(H,35,40). The van der Waals surface area contributed by atoms with Crippen molar-refractivity contribution in [2.45, 2.75) is 89.7 Å². The maximum absolute atomic E-state index is 12.9. The summed E-state index contributed by atoms with van der Waals surface area (Å²) in [6.45, 7) is 1.61. The number of nitrogens with one attached hydrogen (secondary N) is 5. The second-order valence-corrected chi connectivity index (χ2v) is 10.8. The predicted octanol–water partition coefficient (Wildman–Crippen LogP) is -1.10. The van der Waals surface area contributed by atoms with E-state index in [0.717, 1.165) is 50.2 Å². The van der Waals surface area contributed by atoms with Crippen molar-refractivity contribution in [2.24, 2.45) is 0 Å². The summed E-state index contributed by atoms with van der Waals surface area (Å²) in [4.78, 5) is 60.8. The molecule has 1 aliphatic rings. The lowest BCUT2D eigenvalue weighted by molar-refractivity contribution is -0.458. The van der Waals surface area contributed by atoms with Gasteiger partial charge in [0.2, 0.25) is 29.4 Å². The van der Waals surface area contributed by atoms with Gasteiger partial charge in [0.15, 0.2) is 0 Å². The minimum absolute atomic E-state index is 0.238. The van der Waals surface area contributed by atoms with E-state index in [0.29, 0.717) is 31.4 Å². The average molecular weight is 636 g/mol. The number of carbonyl (C=O) groups is 5. The van der Waals surface area contributed by atoms with Crippen molar-refractivity contribution >= 4 is 29.4 Å². The van der Waals surface area contributed by atoms with Crippen molar-refractivity contribution in [3.63, 3.8) is 0 Å². The molecule has 0 bridgehead atoms. The number of ketones is 1. The van der Waals surface area contributed by atoms with Crippen LogP contribution in [0.2, 0.25) is 0 Å². The van der Waals surface area contributed by atoms with E-state index in [2.05, 4.69) is 32.9 Å². The summed E-state index contributed by atoms with van der Waals surface area (Å²) in [6, 6.07) is 8.53. The van der Waals surface area contributed by atoms with Crippen LogP contribution in [0.5, 0.6) is 0 Å². The molecule has 15 nitrogen and oxygen atoms in total. The van der Waals surface area contributed by atoms with Gasteiger partial charge in [-0.1, -0.05) is 56.5 Å². The third kappa shape index (κ3) is 14.2. The number of allylic oxidation sites excluding steroid dienone is 1. The molecule has 2 rings (SSSR count). The van der Waals surface area contributed by atoms with Crippen LogP contribution >= 0.6 is 0 Å². The molecular formula is C30H45N5O10. The summed E-state index contributed by atoms with van der Waals surface area (Å²) in [7, 11) is 0. The Morgan fingerprint density at radius 1 is 0.822 bits per heavy atom. The minimum atomic E-state index is -3.60. The molecule has 45 heavy (non-hydrogen) atoms. The van der Waals surface area contributed by atoms with Crippen LogP contribution in [0.25, 0.3) is 0 Å². The fourth-order valence-electron chi connectivity index (χ4n) is 4.36. The zero-order chi connectivity index (χ0) is 33.5. The first kappa shape index (κ1) is 37.3. The Bertz CT molecular complexity index is 1200. The number of unbranched alkanes of at least 4 members (excludes halogenated alkanes) is 3. The van der Waals surface area contributed by atoms with E-state index in [1.54, 1.807) is 5.32 Å². The second-order valence-electron chi connectivity index (χ2n) is 10.8. The van der Waals surface area contributed by atoms with Gasteiger partial charge in [-0.2, -0.15) is 0 Å². The Hall–Kier alpha value is -3.89. The summed E-state index contributed by atoms with van der Waals surface area (Å²) in [5.74, 6) is -7.28. The molecule has 0 spiro atoms. The highest BCUT2D eigenvalue weighted by atomic mass is 16.9. The number of Topliss-reactive ketones (excluding diaryl/α,β-unsaturated/α-hetero) is 1. The van der Waals surface area contributed by atoms with E-state index >= 15 is 0 Å². The number of aliphatic hydroxyl groups is 4. The van der Waals surface area contributed by atoms with Crippen LogP contribution in [0.15, 0.2) is 41.6 Å². The van der Waals surface area contributed by atoms with Crippen LogP contribution in [0, 0.1) is 0 Å². The smallest absolute Gasteiger partial charge is 0.376 e. The number of benzene rings is 1. The molecule has 15 heteroatoms. The molecule has 4 amide bonds. The molecule has 1 saturated carbocycles. The Balaban J connectivity index is 2.03. The van der Waals surface area contributed by atoms with Crippen molar-refractivity contribution in [3.05, 3.63) is 47.2 Å². The van der Waals surface area contributed by atoms with Crippen LogP contribution in [-0.2, 0) is 35.1 Å². The number of hydrogen-bond donors (Lipinski definition) is 9. The highest BCUT2D eigenvalue weighted by molar-refractivity contribution is 5.88. The average Bonchev–Trinajstić information content (AvgIpc) is 2.93. The van der Waals surface area contributed by atoms with Gasteiger partial charge in [0.1, 0.15) is 0 Å². The lowest BCUT2D eigenvalue weighted by atomic mass is 9.87. The molecule has 1 aromatic rings. The molecule has 0 aliphatic heterocycles. The van der Waals surface area contributed by atoms with Crippen molar-refractivity contribution in [1.82, 2.24) is 26.6 Å². The minimum Gasteiger partial charge on any atom is -0.378 e. The van der Waals surface area contributed by atoms with E-state index in [9.17, 15) is 44.4 Å². The Morgan fingerprint density at radius 2 is 1.44 bits per heavy atom. The fourth-order valence-corrected chi connectivity index (χ4v) is 4.36. The molecular weight excluding hydrogens is 590 g/mol. The molecule has 1 atom stereocenters. The zero-order valence-corrected chi connectivity index (χ0v) is 25.7.